The van der Waals surface area contributed by atoms with Gasteiger partial charge < -0.3 is 10.6 Å². The Morgan fingerprint density at radius 3 is 2.85 bits per heavy atom. The Bertz CT molecular complexity index is 514. The Hall–Kier alpha value is -1.16. The summed E-state index contributed by atoms with van der Waals surface area (Å²) in [5, 5.41) is 7.95. The van der Waals surface area contributed by atoms with E-state index in [1.165, 1.54) is 37.8 Å². The van der Waals surface area contributed by atoms with Crippen LogP contribution in [0.4, 0.5) is 5.69 Å². The highest BCUT2D eigenvalue weighted by Crippen LogP contribution is 2.41. The molecule has 2 unspecified atom stereocenters. The molecular weight excluding hydrogens is 266 g/mol. The third-order valence-electron chi connectivity index (χ3n) is 4.81. The standard InChI is InChI=1S/C16H23N3S/c1-20-14-8-4-7-13(15(14)16(17)18)19-10-9-11-5-2-3-6-12(11)19/h4,7-8,11-12H,2-3,5-6,9-10H2,1H3,(H3,17,18). The molecule has 0 amide bonds. The molecular formula is C16H23N3S. The lowest BCUT2D eigenvalue weighted by atomic mass is 9.85. The molecule has 2 fully saturated rings. The average Bonchev–Trinajstić information content (AvgIpc) is 2.90. The number of amidine groups is 1. The van der Waals surface area contributed by atoms with Crippen molar-refractivity contribution >= 4 is 23.3 Å². The van der Waals surface area contributed by atoms with E-state index in [1.54, 1.807) is 11.8 Å². The first-order valence-corrected chi connectivity index (χ1v) is 8.73. The van der Waals surface area contributed by atoms with Crippen LogP contribution in [-0.4, -0.2) is 24.7 Å². The SMILES string of the molecule is CSc1cccc(N2CCC3CCCCC32)c1C(=N)N. The number of nitrogens with zero attached hydrogens (tertiary/aromatic N) is 1. The van der Waals surface area contributed by atoms with Gasteiger partial charge in [-0.2, -0.15) is 0 Å². The molecule has 0 spiro atoms. The van der Waals surface area contributed by atoms with Gasteiger partial charge in [0.05, 0.1) is 5.56 Å². The van der Waals surface area contributed by atoms with Crippen molar-refractivity contribution in [2.45, 2.75) is 43.0 Å². The molecule has 4 heteroatoms. The topological polar surface area (TPSA) is 53.1 Å². The number of hydrogen-bond donors (Lipinski definition) is 2. The fourth-order valence-electron chi connectivity index (χ4n) is 3.90. The predicted octanol–water partition coefficient (Wildman–Crippen LogP) is 3.46. The second-order valence-electron chi connectivity index (χ2n) is 5.86. The minimum Gasteiger partial charge on any atom is -0.384 e. The lowest BCUT2D eigenvalue weighted by molar-refractivity contribution is 0.342. The molecule has 1 aromatic carbocycles. The summed E-state index contributed by atoms with van der Waals surface area (Å²) in [5.41, 5.74) is 7.99. The average molecular weight is 289 g/mol. The predicted molar refractivity (Wildman–Crippen MR) is 86.9 cm³/mol. The van der Waals surface area contributed by atoms with Crippen LogP contribution in [0, 0.1) is 11.3 Å². The summed E-state index contributed by atoms with van der Waals surface area (Å²) in [7, 11) is 0. The molecule has 1 aliphatic heterocycles. The Morgan fingerprint density at radius 2 is 2.10 bits per heavy atom. The lowest BCUT2D eigenvalue weighted by Gasteiger charge is -2.34. The van der Waals surface area contributed by atoms with Gasteiger partial charge in [-0.25, -0.2) is 0 Å². The van der Waals surface area contributed by atoms with Crippen molar-refractivity contribution in [2.24, 2.45) is 11.7 Å². The maximum Gasteiger partial charge on any atom is 0.126 e. The van der Waals surface area contributed by atoms with Crippen molar-refractivity contribution in [2.75, 3.05) is 17.7 Å². The lowest BCUT2D eigenvalue weighted by Crippen LogP contribution is -2.36. The van der Waals surface area contributed by atoms with Gasteiger partial charge in [0.25, 0.3) is 0 Å². The van der Waals surface area contributed by atoms with Crippen LogP contribution in [0.25, 0.3) is 0 Å². The molecule has 3 rings (SSSR count). The highest BCUT2D eigenvalue weighted by Gasteiger charge is 2.36. The first-order chi connectivity index (χ1) is 9.72. The molecule has 0 bridgehead atoms. The number of benzene rings is 1. The Morgan fingerprint density at radius 1 is 1.30 bits per heavy atom. The highest BCUT2D eigenvalue weighted by molar-refractivity contribution is 7.98. The van der Waals surface area contributed by atoms with E-state index in [1.807, 2.05) is 0 Å². The van der Waals surface area contributed by atoms with Gasteiger partial charge >= 0.3 is 0 Å². The maximum absolute atomic E-state index is 7.95. The van der Waals surface area contributed by atoms with Crippen LogP contribution in [0.15, 0.2) is 23.1 Å². The highest BCUT2D eigenvalue weighted by atomic mass is 32.2. The maximum atomic E-state index is 7.95. The van der Waals surface area contributed by atoms with Gasteiger partial charge in [0.2, 0.25) is 0 Å². The normalized spacial score (nSPS) is 25.6. The molecule has 1 saturated heterocycles. The quantitative estimate of drug-likeness (QED) is 0.509. The molecule has 1 saturated carbocycles. The zero-order chi connectivity index (χ0) is 14.1. The summed E-state index contributed by atoms with van der Waals surface area (Å²) in [6.07, 6.45) is 8.75. The summed E-state index contributed by atoms with van der Waals surface area (Å²) >= 11 is 1.68. The fourth-order valence-corrected chi connectivity index (χ4v) is 4.54. The van der Waals surface area contributed by atoms with Gasteiger partial charge in [0.1, 0.15) is 5.84 Å². The van der Waals surface area contributed by atoms with Crippen molar-refractivity contribution in [1.82, 2.24) is 0 Å². The number of thioether (sulfide) groups is 1. The monoisotopic (exact) mass is 289 g/mol. The summed E-state index contributed by atoms with van der Waals surface area (Å²) in [6.45, 7) is 1.12. The van der Waals surface area contributed by atoms with E-state index in [0.717, 1.165) is 22.9 Å². The largest absolute Gasteiger partial charge is 0.384 e. The molecule has 2 aliphatic rings. The molecule has 0 radical (unpaired) electrons. The molecule has 1 heterocycles. The fraction of sp³-hybridized carbons (Fsp3) is 0.562. The van der Waals surface area contributed by atoms with Crippen LogP contribution in [-0.2, 0) is 0 Å². The number of nitrogen functional groups attached to an aromatic ring is 1. The van der Waals surface area contributed by atoms with Crippen molar-refractivity contribution in [3.63, 3.8) is 0 Å². The summed E-state index contributed by atoms with van der Waals surface area (Å²) in [4.78, 5) is 3.65. The summed E-state index contributed by atoms with van der Waals surface area (Å²) in [6, 6.07) is 6.98. The zero-order valence-electron chi connectivity index (χ0n) is 12.1. The van der Waals surface area contributed by atoms with E-state index < -0.39 is 0 Å². The third-order valence-corrected chi connectivity index (χ3v) is 5.59. The Labute approximate surface area is 125 Å². The number of anilines is 1. The molecule has 3 nitrogen and oxygen atoms in total. The first-order valence-electron chi connectivity index (χ1n) is 7.50. The van der Waals surface area contributed by atoms with Crippen LogP contribution < -0.4 is 10.6 Å². The van der Waals surface area contributed by atoms with E-state index >= 15 is 0 Å². The first kappa shape index (κ1) is 13.8. The van der Waals surface area contributed by atoms with Crippen LogP contribution >= 0.6 is 11.8 Å². The molecule has 108 valence electrons. The van der Waals surface area contributed by atoms with E-state index in [0.29, 0.717) is 6.04 Å². The number of fused-ring (bicyclic) bond motifs is 1. The Kier molecular flexibility index (Phi) is 3.92. The van der Waals surface area contributed by atoms with Gasteiger partial charge in [0.15, 0.2) is 0 Å². The number of nitrogens with two attached hydrogens (primary N) is 1. The van der Waals surface area contributed by atoms with Gasteiger partial charge in [0, 0.05) is 23.2 Å². The second-order valence-corrected chi connectivity index (χ2v) is 6.71. The van der Waals surface area contributed by atoms with Gasteiger partial charge in [-0.15, -0.1) is 11.8 Å². The van der Waals surface area contributed by atoms with E-state index in [-0.39, 0.29) is 5.84 Å². The zero-order valence-corrected chi connectivity index (χ0v) is 12.9. The van der Waals surface area contributed by atoms with Crippen molar-refractivity contribution in [3.8, 4) is 0 Å². The van der Waals surface area contributed by atoms with E-state index in [2.05, 4.69) is 29.4 Å². The second kappa shape index (κ2) is 5.68. The van der Waals surface area contributed by atoms with Crippen LogP contribution in [0.5, 0.6) is 0 Å². The molecule has 20 heavy (non-hydrogen) atoms. The third kappa shape index (κ3) is 2.30. The van der Waals surface area contributed by atoms with Crippen molar-refractivity contribution in [3.05, 3.63) is 23.8 Å². The molecule has 0 aromatic heterocycles. The van der Waals surface area contributed by atoms with Crippen LogP contribution in [0.2, 0.25) is 0 Å². The van der Waals surface area contributed by atoms with Crippen LogP contribution in [0.1, 0.15) is 37.7 Å². The van der Waals surface area contributed by atoms with Crippen molar-refractivity contribution in [1.29, 1.82) is 5.41 Å². The summed E-state index contributed by atoms with van der Waals surface area (Å²) < 4.78 is 0. The van der Waals surface area contributed by atoms with Crippen LogP contribution in [0.3, 0.4) is 0 Å². The Balaban J connectivity index is 1.99. The van der Waals surface area contributed by atoms with Crippen molar-refractivity contribution < 1.29 is 0 Å². The molecule has 2 atom stereocenters. The number of hydrogen-bond acceptors (Lipinski definition) is 3. The molecule has 1 aromatic rings. The van der Waals surface area contributed by atoms with Gasteiger partial charge in [-0.3, -0.25) is 5.41 Å². The number of nitrogens with one attached hydrogen (secondary N) is 1. The summed E-state index contributed by atoms with van der Waals surface area (Å²) in [5.74, 6) is 1.05. The number of rotatable bonds is 3. The minimum atomic E-state index is 0.198. The van der Waals surface area contributed by atoms with Gasteiger partial charge in [-0.1, -0.05) is 18.9 Å². The minimum absolute atomic E-state index is 0.198. The van der Waals surface area contributed by atoms with E-state index in [4.69, 9.17) is 11.1 Å². The van der Waals surface area contributed by atoms with E-state index in [9.17, 15) is 0 Å². The van der Waals surface area contributed by atoms with Gasteiger partial charge in [-0.05, 0) is 43.6 Å². The smallest absolute Gasteiger partial charge is 0.126 e. The molecule has 1 aliphatic carbocycles. The molecule has 3 N–H and O–H groups in total.